The van der Waals surface area contributed by atoms with Crippen LogP contribution in [0.1, 0.15) is 56.2 Å². The highest BCUT2D eigenvalue weighted by molar-refractivity contribution is 6.33. The van der Waals surface area contributed by atoms with Crippen LogP contribution in [0.15, 0.2) is 35.4 Å². The van der Waals surface area contributed by atoms with Crippen LogP contribution in [0.2, 0.25) is 5.02 Å². The highest BCUT2D eigenvalue weighted by Crippen LogP contribution is 2.39. The number of hydrogen-bond donors (Lipinski definition) is 1. The number of pyridine rings is 1. The molecule has 2 aromatic rings. The van der Waals surface area contributed by atoms with Gasteiger partial charge in [0.25, 0.3) is 5.56 Å². The largest absolute Gasteiger partial charge is 0.381 e. The summed E-state index contributed by atoms with van der Waals surface area (Å²) in [4.78, 5) is 16.2. The van der Waals surface area contributed by atoms with Crippen LogP contribution >= 0.6 is 11.6 Å². The molecule has 1 N–H and O–H groups in total. The van der Waals surface area contributed by atoms with E-state index >= 15 is 0 Å². The lowest BCUT2D eigenvalue weighted by Gasteiger charge is -2.30. The van der Waals surface area contributed by atoms with Gasteiger partial charge in [-0.05, 0) is 50.7 Å². The van der Waals surface area contributed by atoms with Gasteiger partial charge in [0.1, 0.15) is 0 Å². The predicted molar refractivity (Wildman–Crippen MR) is 94.6 cm³/mol. The van der Waals surface area contributed by atoms with Gasteiger partial charge in [-0.2, -0.15) is 5.10 Å². The third-order valence-corrected chi connectivity index (χ3v) is 5.32. The molecule has 6 heteroatoms. The molecule has 0 aromatic carbocycles. The minimum absolute atomic E-state index is 0.0213. The average molecular weight is 345 g/mol. The molecule has 0 spiro atoms. The molecule has 0 unspecified atom stereocenters. The summed E-state index contributed by atoms with van der Waals surface area (Å²) in [6, 6.07) is 6.07. The second kappa shape index (κ2) is 6.55. The number of nitrogens with one attached hydrogen (secondary N) is 1. The number of hydrogen-bond acceptors (Lipinski definition) is 4. The standard InChI is InChI=1S/C18H21ClN4O/c19-15-11-20-10-9-17(15)21-13-3-5-14(6-4-13)23-18(24)8-7-16(22-23)12-1-2-12/h7-14H,1-6H2,(H,20,21). The number of nitrogens with zero attached hydrogens (tertiary/aromatic N) is 3. The highest BCUT2D eigenvalue weighted by Gasteiger charge is 2.28. The van der Waals surface area contributed by atoms with Crippen LogP contribution in [0.4, 0.5) is 5.69 Å². The molecule has 126 valence electrons. The molecule has 0 radical (unpaired) electrons. The lowest BCUT2D eigenvalue weighted by molar-refractivity contribution is 0.302. The molecule has 24 heavy (non-hydrogen) atoms. The van der Waals surface area contributed by atoms with Crippen LogP contribution in [0.5, 0.6) is 0 Å². The summed E-state index contributed by atoms with van der Waals surface area (Å²) in [6.45, 7) is 0. The van der Waals surface area contributed by atoms with Crippen molar-refractivity contribution < 1.29 is 0 Å². The van der Waals surface area contributed by atoms with Crippen LogP contribution in [-0.4, -0.2) is 20.8 Å². The van der Waals surface area contributed by atoms with Gasteiger partial charge in [0, 0.05) is 30.4 Å². The Bertz CT molecular complexity index is 779. The zero-order valence-corrected chi connectivity index (χ0v) is 14.2. The van der Waals surface area contributed by atoms with Crippen molar-refractivity contribution in [3.8, 4) is 0 Å². The quantitative estimate of drug-likeness (QED) is 0.917. The SMILES string of the molecule is O=c1ccc(C2CC2)nn1C1CCC(Nc2ccncc2Cl)CC1. The van der Waals surface area contributed by atoms with Crippen molar-refractivity contribution in [3.05, 3.63) is 51.7 Å². The van der Waals surface area contributed by atoms with Crippen molar-refractivity contribution in [2.45, 2.75) is 56.5 Å². The molecule has 0 aliphatic heterocycles. The summed E-state index contributed by atoms with van der Waals surface area (Å²) < 4.78 is 1.73. The van der Waals surface area contributed by atoms with Gasteiger partial charge in [0.15, 0.2) is 0 Å². The molecule has 0 atom stereocenters. The first-order chi connectivity index (χ1) is 11.7. The van der Waals surface area contributed by atoms with Gasteiger partial charge < -0.3 is 5.32 Å². The molecule has 2 aromatic heterocycles. The first-order valence-electron chi connectivity index (χ1n) is 8.66. The molecule has 2 fully saturated rings. The Balaban J connectivity index is 1.42. The van der Waals surface area contributed by atoms with E-state index < -0.39 is 0 Å². The Morgan fingerprint density at radius 1 is 1.08 bits per heavy atom. The van der Waals surface area contributed by atoms with Crippen molar-refractivity contribution in [2.24, 2.45) is 0 Å². The summed E-state index contributed by atoms with van der Waals surface area (Å²) in [7, 11) is 0. The molecule has 0 bridgehead atoms. The van der Waals surface area contributed by atoms with Crippen molar-refractivity contribution in [1.82, 2.24) is 14.8 Å². The van der Waals surface area contributed by atoms with Crippen molar-refractivity contribution in [3.63, 3.8) is 0 Å². The second-order valence-corrected chi connectivity index (χ2v) is 7.23. The summed E-state index contributed by atoms with van der Waals surface area (Å²) in [5.74, 6) is 0.573. The molecule has 2 saturated carbocycles. The van der Waals surface area contributed by atoms with E-state index in [9.17, 15) is 4.79 Å². The minimum Gasteiger partial charge on any atom is -0.381 e. The Labute approximate surface area is 146 Å². The van der Waals surface area contributed by atoms with Crippen LogP contribution in [0.25, 0.3) is 0 Å². The molecular formula is C18H21ClN4O. The maximum Gasteiger partial charge on any atom is 0.267 e. The highest BCUT2D eigenvalue weighted by atomic mass is 35.5. The Morgan fingerprint density at radius 2 is 1.88 bits per heavy atom. The molecule has 2 aliphatic carbocycles. The van der Waals surface area contributed by atoms with E-state index in [1.807, 2.05) is 12.1 Å². The number of halogens is 1. The monoisotopic (exact) mass is 344 g/mol. The van der Waals surface area contributed by atoms with Gasteiger partial charge >= 0.3 is 0 Å². The van der Waals surface area contributed by atoms with E-state index in [1.54, 1.807) is 23.1 Å². The molecule has 0 saturated heterocycles. The van der Waals surface area contributed by atoms with Gasteiger partial charge in [-0.3, -0.25) is 9.78 Å². The van der Waals surface area contributed by atoms with Gasteiger partial charge in [0.2, 0.25) is 0 Å². The Morgan fingerprint density at radius 3 is 2.58 bits per heavy atom. The lowest BCUT2D eigenvalue weighted by Crippen LogP contribution is -2.33. The first-order valence-corrected chi connectivity index (χ1v) is 9.04. The van der Waals surface area contributed by atoms with E-state index in [0.717, 1.165) is 37.1 Å². The molecular weight excluding hydrogens is 324 g/mol. The number of aromatic nitrogens is 3. The first kappa shape index (κ1) is 15.6. The summed E-state index contributed by atoms with van der Waals surface area (Å²) in [6.07, 6.45) is 9.73. The van der Waals surface area contributed by atoms with Crippen molar-refractivity contribution in [2.75, 3.05) is 5.32 Å². The fourth-order valence-corrected chi connectivity index (χ4v) is 3.65. The van der Waals surface area contributed by atoms with Gasteiger partial charge in [-0.1, -0.05) is 11.6 Å². The van der Waals surface area contributed by atoms with Crippen LogP contribution in [0.3, 0.4) is 0 Å². The normalized spacial score (nSPS) is 23.9. The zero-order chi connectivity index (χ0) is 16.5. The van der Waals surface area contributed by atoms with Gasteiger partial charge in [0.05, 0.1) is 22.4 Å². The third-order valence-electron chi connectivity index (χ3n) is 5.02. The lowest BCUT2D eigenvalue weighted by atomic mass is 9.91. The fourth-order valence-electron chi connectivity index (χ4n) is 3.48. The van der Waals surface area contributed by atoms with Crippen molar-refractivity contribution in [1.29, 1.82) is 0 Å². The Kier molecular flexibility index (Phi) is 4.27. The maximum atomic E-state index is 12.2. The van der Waals surface area contributed by atoms with Crippen LogP contribution < -0.4 is 10.9 Å². The van der Waals surface area contributed by atoms with Gasteiger partial charge in [-0.15, -0.1) is 0 Å². The third kappa shape index (κ3) is 3.31. The summed E-state index contributed by atoms with van der Waals surface area (Å²) in [5.41, 5.74) is 2.03. The smallest absolute Gasteiger partial charge is 0.267 e. The van der Waals surface area contributed by atoms with E-state index in [0.29, 0.717) is 17.0 Å². The van der Waals surface area contributed by atoms with Crippen LogP contribution in [-0.2, 0) is 0 Å². The van der Waals surface area contributed by atoms with E-state index in [4.69, 9.17) is 11.6 Å². The van der Waals surface area contributed by atoms with Gasteiger partial charge in [-0.25, -0.2) is 4.68 Å². The minimum atomic E-state index is 0.0213. The molecule has 2 aliphatic rings. The van der Waals surface area contributed by atoms with E-state index in [1.165, 1.54) is 12.8 Å². The summed E-state index contributed by atoms with van der Waals surface area (Å²) in [5, 5.41) is 8.78. The van der Waals surface area contributed by atoms with E-state index in [-0.39, 0.29) is 11.6 Å². The maximum absolute atomic E-state index is 12.2. The number of rotatable bonds is 4. The molecule has 0 amide bonds. The van der Waals surface area contributed by atoms with E-state index in [2.05, 4.69) is 15.4 Å². The average Bonchev–Trinajstić information content (AvgIpc) is 3.43. The molecule has 4 rings (SSSR count). The van der Waals surface area contributed by atoms with Crippen LogP contribution in [0, 0.1) is 0 Å². The Hall–Kier alpha value is -1.88. The topological polar surface area (TPSA) is 59.8 Å². The molecule has 2 heterocycles. The zero-order valence-electron chi connectivity index (χ0n) is 13.5. The fraction of sp³-hybridized carbons (Fsp3) is 0.500. The summed E-state index contributed by atoms with van der Waals surface area (Å²) >= 11 is 6.16. The molecule has 5 nitrogen and oxygen atoms in total. The predicted octanol–water partition coefficient (Wildman–Crippen LogP) is 3.76. The second-order valence-electron chi connectivity index (χ2n) is 6.82. The van der Waals surface area contributed by atoms with Crippen molar-refractivity contribution >= 4 is 17.3 Å². The number of anilines is 1.